The SMILES string of the molecule is Nc1cc(CCCN2CCc3ccccc3C2)ccc1Cl. The van der Waals surface area contributed by atoms with E-state index in [0.29, 0.717) is 10.7 Å². The van der Waals surface area contributed by atoms with Crippen LogP contribution in [0.15, 0.2) is 42.5 Å². The maximum atomic E-state index is 5.95. The number of nitrogen functional groups attached to an aromatic ring is 1. The van der Waals surface area contributed by atoms with Crippen molar-refractivity contribution in [3.05, 3.63) is 64.2 Å². The third-order valence-corrected chi connectivity index (χ3v) is 4.55. The summed E-state index contributed by atoms with van der Waals surface area (Å²) in [4.78, 5) is 2.54. The molecule has 2 aromatic rings. The number of hydrogen-bond acceptors (Lipinski definition) is 2. The quantitative estimate of drug-likeness (QED) is 0.867. The molecular weight excluding hydrogens is 280 g/mol. The van der Waals surface area contributed by atoms with Gasteiger partial charge in [-0.3, -0.25) is 4.90 Å². The summed E-state index contributed by atoms with van der Waals surface area (Å²) >= 11 is 5.95. The summed E-state index contributed by atoms with van der Waals surface area (Å²) in [6.07, 6.45) is 3.38. The van der Waals surface area contributed by atoms with Crippen molar-refractivity contribution in [3.63, 3.8) is 0 Å². The monoisotopic (exact) mass is 300 g/mol. The minimum atomic E-state index is 0.645. The first kappa shape index (κ1) is 14.4. The average Bonchev–Trinajstić information content (AvgIpc) is 2.51. The van der Waals surface area contributed by atoms with E-state index in [1.165, 1.54) is 29.7 Å². The van der Waals surface area contributed by atoms with E-state index in [-0.39, 0.29) is 0 Å². The molecule has 21 heavy (non-hydrogen) atoms. The number of fused-ring (bicyclic) bond motifs is 1. The molecule has 0 radical (unpaired) electrons. The fourth-order valence-electron chi connectivity index (χ4n) is 3.00. The molecule has 1 aliphatic rings. The van der Waals surface area contributed by atoms with Crippen LogP contribution in [0, 0.1) is 0 Å². The summed E-state index contributed by atoms with van der Waals surface area (Å²) in [6, 6.07) is 14.7. The van der Waals surface area contributed by atoms with Crippen LogP contribution in [0.3, 0.4) is 0 Å². The normalized spacial score (nSPS) is 14.9. The Kier molecular flexibility index (Phi) is 4.47. The molecule has 2 aromatic carbocycles. The molecule has 2 N–H and O–H groups in total. The molecule has 1 aliphatic heterocycles. The van der Waals surface area contributed by atoms with Crippen LogP contribution in [-0.2, 0) is 19.4 Å². The summed E-state index contributed by atoms with van der Waals surface area (Å²) < 4.78 is 0. The van der Waals surface area contributed by atoms with E-state index in [2.05, 4.69) is 35.2 Å². The van der Waals surface area contributed by atoms with E-state index in [1.807, 2.05) is 12.1 Å². The van der Waals surface area contributed by atoms with Crippen molar-refractivity contribution < 1.29 is 0 Å². The highest BCUT2D eigenvalue weighted by Crippen LogP contribution is 2.21. The standard InChI is InChI=1S/C18H21ClN2/c19-17-8-7-14(12-18(17)20)4-3-10-21-11-9-15-5-1-2-6-16(15)13-21/h1-2,5-8,12H,3-4,9-11,13,20H2. The molecule has 3 heteroatoms. The number of hydrogen-bond donors (Lipinski definition) is 1. The molecule has 0 aliphatic carbocycles. The predicted molar refractivity (Wildman–Crippen MR) is 89.6 cm³/mol. The number of nitrogens with zero attached hydrogens (tertiary/aromatic N) is 1. The van der Waals surface area contributed by atoms with Gasteiger partial charge < -0.3 is 5.73 Å². The van der Waals surface area contributed by atoms with Crippen LogP contribution < -0.4 is 5.73 Å². The van der Waals surface area contributed by atoms with Gasteiger partial charge in [0.1, 0.15) is 0 Å². The zero-order chi connectivity index (χ0) is 14.7. The number of benzene rings is 2. The van der Waals surface area contributed by atoms with Gasteiger partial charge in [-0.2, -0.15) is 0 Å². The molecule has 2 nitrogen and oxygen atoms in total. The van der Waals surface area contributed by atoms with Crippen LogP contribution in [0.1, 0.15) is 23.1 Å². The fourth-order valence-corrected chi connectivity index (χ4v) is 3.12. The lowest BCUT2D eigenvalue weighted by Gasteiger charge is -2.28. The first-order valence-electron chi connectivity index (χ1n) is 7.55. The Morgan fingerprint density at radius 3 is 2.71 bits per heavy atom. The van der Waals surface area contributed by atoms with Gasteiger partial charge in [0.05, 0.1) is 10.7 Å². The second-order valence-corrected chi connectivity index (χ2v) is 6.16. The molecule has 0 unspecified atom stereocenters. The molecule has 0 amide bonds. The van der Waals surface area contributed by atoms with E-state index in [1.54, 1.807) is 0 Å². The van der Waals surface area contributed by atoms with Crippen molar-refractivity contribution >= 4 is 17.3 Å². The van der Waals surface area contributed by atoms with Crippen molar-refractivity contribution in [2.24, 2.45) is 0 Å². The lowest BCUT2D eigenvalue weighted by atomic mass is 9.99. The first-order chi connectivity index (χ1) is 10.2. The smallest absolute Gasteiger partial charge is 0.0635 e. The molecule has 0 saturated heterocycles. The van der Waals surface area contributed by atoms with Crippen molar-refractivity contribution in [2.45, 2.75) is 25.8 Å². The molecule has 3 rings (SSSR count). The lowest BCUT2D eigenvalue weighted by molar-refractivity contribution is 0.251. The van der Waals surface area contributed by atoms with Crippen LogP contribution in [0.2, 0.25) is 5.02 Å². The topological polar surface area (TPSA) is 29.3 Å². The maximum Gasteiger partial charge on any atom is 0.0635 e. The Bertz CT molecular complexity index is 624. The molecule has 110 valence electrons. The Labute approximate surface area is 131 Å². The van der Waals surface area contributed by atoms with E-state index >= 15 is 0 Å². The highest BCUT2D eigenvalue weighted by molar-refractivity contribution is 6.33. The second-order valence-electron chi connectivity index (χ2n) is 5.75. The maximum absolute atomic E-state index is 5.95. The molecule has 0 atom stereocenters. The van der Waals surface area contributed by atoms with Gasteiger partial charge in [0, 0.05) is 13.1 Å². The van der Waals surface area contributed by atoms with Gasteiger partial charge in [-0.25, -0.2) is 0 Å². The van der Waals surface area contributed by atoms with E-state index in [0.717, 1.165) is 25.9 Å². The van der Waals surface area contributed by atoms with Gasteiger partial charge in [0.25, 0.3) is 0 Å². The van der Waals surface area contributed by atoms with Gasteiger partial charge in [-0.1, -0.05) is 41.9 Å². The third kappa shape index (κ3) is 3.58. The molecule has 0 bridgehead atoms. The Hall–Kier alpha value is -1.51. The van der Waals surface area contributed by atoms with Gasteiger partial charge >= 0.3 is 0 Å². The summed E-state index contributed by atoms with van der Waals surface area (Å²) in [5.41, 5.74) is 10.8. The number of halogens is 1. The highest BCUT2D eigenvalue weighted by atomic mass is 35.5. The van der Waals surface area contributed by atoms with Crippen LogP contribution in [0.25, 0.3) is 0 Å². The Morgan fingerprint density at radius 1 is 1.10 bits per heavy atom. The summed E-state index contributed by atoms with van der Waals surface area (Å²) in [5, 5.41) is 0.645. The lowest BCUT2D eigenvalue weighted by Crippen LogP contribution is -2.31. The van der Waals surface area contributed by atoms with Crippen LogP contribution >= 0.6 is 11.6 Å². The predicted octanol–water partition coefficient (Wildman–Crippen LogP) is 3.91. The van der Waals surface area contributed by atoms with E-state index in [4.69, 9.17) is 17.3 Å². The zero-order valence-corrected chi connectivity index (χ0v) is 12.9. The fraction of sp³-hybridized carbons (Fsp3) is 0.333. The highest BCUT2D eigenvalue weighted by Gasteiger charge is 2.14. The summed E-state index contributed by atoms with van der Waals surface area (Å²) in [7, 11) is 0. The van der Waals surface area contributed by atoms with Crippen LogP contribution in [-0.4, -0.2) is 18.0 Å². The molecule has 0 spiro atoms. The largest absolute Gasteiger partial charge is 0.398 e. The molecular formula is C18H21ClN2. The molecule has 1 heterocycles. The van der Waals surface area contributed by atoms with Gasteiger partial charge in [0.2, 0.25) is 0 Å². The summed E-state index contributed by atoms with van der Waals surface area (Å²) in [5.74, 6) is 0. The summed E-state index contributed by atoms with van der Waals surface area (Å²) in [6.45, 7) is 3.38. The van der Waals surface area contributed by atoms with Crippen molar-refractivity contribution in [1.29, 1.82) is 0 Å². The second kappa shape index (κ2) is 6.50. The van der Waals surface area contributed by atoms with Crippen LogP contribution in [0.4, 0.5) is 5.69 Å². The van der Waals surface area contributed by atoms with Crippen LogP contribution in [0.5, 0.6) is 0 Å². The first-order valence-corrected chi connectivity index (χ1v) is 7.93. The molecule has 0 saturated carbocycles. The minimum Gasteiger partial charge on any atom is -0.398 e. The van der Waals surface area contributed by atoms with Gasteiger partial charge in [-0.15, -0.1) is 0 Å². The van der Waals surface area contributed by atoms with Gasteiger partial charge in [0.15, 0.2) is 0 Å². The number of nitrogens with two attached hydrogens (primary N) is 1. The Morgan fingerprint density at radius 2 is 1.90 bits per heavy atom. The van der Waals surface area contributed by atoms with Crippen molar-refractivity contribution in [3.8, 4) is 0 Å². The number of rotatable bonds is 4. The molecule has 0 fully saturated rings. The number of anilines is 1. The van der Waals surface area contributed by atoms with Gasteiger partial charge in [-0.05, 0) is 54.6 Å². The average molecular weight is 301 g/mol. The minimum absolute atomic E-state index is 0.645. The van der Waals surface area contributed by atoms with Crippen molar-refractivity contribution in [1.82, 2.24) is 4.90 Å². The molecule has 0 aromatic heterocycles. The zero-order valence-electron chi connectivity index (χ0n) is 12.2. The Balaban J connectivity index is 1.51. The van der Waals surface area contributed by atoms with E-state index in [9.17, 15) is 0 Å². The van der Waals surface area contributed by atoms with E-state index < -0.39 is 0 Å². The third-order valence-electron chi connectivity index (χ3n) is 4.21. The van der Waals surface area contributed by atoms with Crippen molar-refractivity contribution in [2.75, 3.05) is 18.8 Å². The number of aryl methyl sites for hydroxylation is 1.